The molecule has 0 atom stereocenters. The van der Waals surface area contributed by atoms with Crippen molar-refractivity contribution in [3.05, 3.63) is 70.4 Å². The minimum absolute atomic E-state index is 0.0710. The fraction of sp³-hybridized carbons (Fsp3) is 0.143. The van der Waals surface area contributed by atoms with Gasteiger partial charge in [-0.15, -0.1) is 11.3 Å². The summed E-state index contributed by atoms with van der Waals surface area (Å²) in [7, 11) is -3.75. The van der Waals surface area contributed by atoms with Crippen LogP contribution in [0.5, 0.6) is 0 Å². The van der Waals surface area contributed by atoms with Gasteiger partial charge in [0.15, 0.2) is 10.9 Å². The Labute approximate surface area is 177 Å². The predicted octanol–water partition coefficient (Wildman–Crippen LogP) is 4.87. The van der Waals surface area contributed by atoms with Gasteiger partial charge in [-0.25, -0.2) is 13.4 Å². The molecule has 0 radical (unpaired) electrons. The van der Waals surface area contributed by atoms with Crippen LogP contribution in [0.1, 0.15) is 27.2 Å². The first-order chi connectivity index (χ1) is 14.2. The average Bonchev–Trinajstić information content (AvgIpc) is 3.29. The number of rotatable bonds is 5. The van der Waals surface area contributed by atoms with Crippen molar-refractivity contribution in [2.45, 2.75) is 25.7 Å². The predicted molar refractivity (Wildman–Crippen MR) is 118 cm³/mol. The maximum Gasteiger partial charge on any atom is 0.291 e. The molecule has 2 N–H and O–H groups in total. The summed E-state index contributed by atoms with van der Waals surface area (Å²) in [5.41, 5.74) is 4.01. The van der Waals surface area contributed by atoms with E-state index in [1.165, 1.54) is 41.8 Å². The van der Waals surface area contributed by atoms with E-state index >= 15 is 0 Å². The third-order valence-electron chi connectivity index (χ3n) is 4.65. The lowest BCUT2D eigenvalue weighted by molar-refractivity contribution is 0.0998. The van der Waals surface area contributed by atoms with Gasteiger partial charge in [-0.05, 0) is 62.2 Å². The number of amides is 1. The Kier molecular flexibility index (Phi) is 5.08. The van der Waals surface area contributed by atoms with E-state index in [4.69, 9.17) is 4.42 Å². The molecule has 1 amide bonds. The molecular formula is C21H19N3O4S2. The van der Waals surface area contributed by atoms with Gasteiger partial charge in [0.2, 0.25) is 0 Å². The van der Waals surface area contributed by atoms with Crippen LogP contribution in [0.15, 0.2) is 57.3 Å². The second-order valence-electron chi connectivity index (χ2n) is 6.93. The molecule has 154 valence electrons. The van der Waals surface area contributed by atoms with Gasteiger partial charge in [0.05, 0.1) is 4.90 Å². The van der Waals surface area contributed by atoms with Gasteiger partial charge in [0.1, 0.15) is 5.58 Å². The Hall–Kier alpha value is -3.17. The highest BCUT2D eigenvalue weighted by Gasteiger charge is 2.20. The highest BCUT2D eigenvalue weighted by Crippen LogP contribution is 2.30. The molecule has 2 aromatic carbocycles. The van der Waals surface area contributed by atoms with Crippen LogP contribution in [0, 0.1) is 20.8 Å². The molecule has 0 fully saturated rings. The van der Waals surface area contributed by atoms with Crippen molar-refractivity contribution in [2.75, 3.05) is 10.0 Å². The number of fused-ring (bicyclic) bond motifs is 1. The van der Waals surface area contributed by atoms with Crippen LogP contribution in [-0.4, -0.2) is 19.3 Å². The monoisotopic (exact) mass is 441 g/mol. The molecule has 0 saturated carbocycles. The summed E-state index contributed by atoms with van der Waals surface area (Å²) < 4.78 is 33.0. The van der Waals surface area contributed by atoms with Crippen molar-refractivity contribution < 1.29 is 17.6 Å². The van der Waals surface area contributed by atoms with Crippen molar-refractivity contribution >= 4 is 49.1 Å². The number of nitrogens with one attached hydrogen (secondary N) is 2. The van der Waals surface area contributed by atoms with Gasteiger partial charge in [-0.2, -0.15) is 0 Å². The van der Waals surface area contributed by atoms with Crippen molar-refractivity contribution in [1.82, 2.24) is 4.98 Å². The normalized spacial score (nSPS) is 11.6. The van der Waals surface area contributed by atoms with Crippen LogP contribution in [0.2, 0.25) is 0 Å². The van der Waals surface area contributed by atoms with E-state index in [0.717, 1.165) is 22.1 Å². The lowest BCUT2D eigenvalue weighted by Gasteiger charge is -2.07. The summed E-state index contributed by atoms with van der Waals surface area (Å²) in [6, 6.07) is 9.85. The molecule has 0 unspecified atom stereocenters. The van der Waals surface area contributed by atoms with Crippen LogP contribution in [0.25, 0.3) is 11.0 Å². The average molecular weight is 442 g/mol. The molecule has 0 aliphatic rings. The molecule has 0 spiro atoms. The molecule has 4 rings (SSSR count). The minimum Gasteiger partial charge on any atom is -0.451 e. The van der Waals surface area contributed by atoms with Gasteiger partial charge in [-0.1, -0.05) is 6.07 Å². The quantitative estimate of drug-likeness (QED) is 0.460. The largest absolute Gasteiger partial charge is 0.451 e. The lowest BCUT2D eigenvalue weighted by Crippen LogP contribution is -2.14. The molecule has 30 heavy (non-hydrogen) atoms. The smallest absolute Gasteiger partial charge is 0.291 e. The highest BCUT2D eigenvalue weighted by molar-refractivity contribution is 7.93. The molecule has 0 bridgehead atoms. The van der Waals surface area contributed by atoms with Crippen molar-refractivity contribution in [1.29, 1.82) is 0 Å². The van der Waals surface area contributed by atoms with Crippen LogP contribution in [0.3, 0.4) is 0 Å². The van der Waals surface area contributed by atoms with Crippen molar-refractivity contribution in [3.63, 3.8) is 0 Å². The summed E-state index contributed by atoms with van der Waals surface area (Å²) in [6.45, 7) is 5.81. The number of hydrogen-bond acceptors (Lipinski definition) is 6. The standard InChI is InChI=1S/C21H19N3O4S2/c1-12-10-13(2)18-14(3)19(28-17(18)11-12)20(25)23-15-4-6-16(7-5-15)30(26,27)24-21-22-8-9-29-21/h4-11H,1-3H3,(H,22,24)(H,23,25). The zero-order valence-electron chi connectivity index (χ0n) is 16.5. The number of aromatic nitrogens is 1. The number of hydrogen-bond donors (Lipinski definition) is 2. The van der Waals surface area contributed by atoms with Gasteiger partial charge in [-0.3, -0.25) is 9.52 Å². The van der Waals surface area contributed by atoms with E-state index in [2.05, 4.69) is 15.0 Å². The molecular weight excluding hydrogens is 422 g/mol. The maximum absolute atomic E-state index is 12.8. The number of sulfonamides is 1. The molecule has 0 aliphatic carbocycles. The lowest BCUT2D eigenvalue weighted by atomic mass is 10.0. The first kappa shape index (κ1) is 20.1. The second-order valence-corrected chi connectivity index (χ2v) is 9.51. The zero-order valence-corrected chi connectivity index (χ0v) is 18.1. The Morgan fingerprint density at radius 3 is 2.50 bits per heavy atom. The zero-order chi connectivity index (χ0) is 21.5. The van der Waals surface area contributed by atoms with Gasteiger partial charge < -0.3 is 9.73 Å². The fourth-order valence-corrected chi connectivity index (χ4v) is 5.15. The van der Waals surface area contributed by atoms with E-state index in [0.29, 0.717) is 16.4 Å². The van der Waals surface area contributed by atoms with Crippen LogP contribution in [-0.2, 0) is 10.0 Å². The first-order valence-electron chi connectivity index (χ1n) is 9.08. The number of carbonyl (C=O) groups is 1. The fourth-order valence-electron chi connectivity index (χ4n) is 3.36. The third kappa shape index (κ3) is 3.81. The number of benzene rings is 2. The Morgan fingerprint density at radius 2 is 1.83 bits per heavy atom. The molecule has 7 nitrogen and oxygen atoms in total. The molecule has 9 heteroatoms. The van der Waals surface area contributed by atoms with Crippen molar-refractivity contribution in [2.24, 2.45) is 0 Å². The summed E-state index contributed by atoms with van der Waals surface area (Å²) in [6.07, 6.45) is 1.52. The number of anilines is 2. The molecule has 2 heterocycles. The number of furan rings is 1. The van der Waals surface area contributed by atoms with E-state index in [-0.39, 0.29) is 10.7 Å². The molecule has 0 saturated heterocycles. The summed E-state index contributed by atoms with van der Waals surface area (Å²) >= 11 is 1.19. The van der Waals surface area contributed by atoms with E-state index < -0.39 is 15.9 Å². The number of carbonyl (C=O) groups excluding carboxylic acids is 1. The van der Waals surface area contributed by atoms with Gasteiger partial charge in [0, 0.05) is 28.2 Å². The second kappa shape index (κ2) is 7.58. The highest BCUT2D eigenvalue weighted by atomic mass is 32.2. The van der Waals surface area contributed by atoms with E-state index in [1.54, 1.807) is 5.38 Å². The van der Waals surface area contributed by atoms with Crippen LogP contribution < -0.4 is 10.0 Å². The third-order valence-corrected chi connectivity index (χ3v) is 6.83. The minimum atomic E-state index is -3.75. The van der Waals surface area contributed by atoms with Crippen LogP contribution in [0.4, 0.5) is 10.8 Å². The Morgan fingerprint density at radius 1 is 1.10 bits per heavy atom. The first-order valence-corrected chi connectivity index (χ1v) is 11.4. The van der Waals surface area contributed by atoms with E-state index in [1.807, 2.05) is 32.9 Å². The Bertz CT molecular complexity index is 1340. The van der Waals surface area contributed by atoms with Crippen molar-refractivity contribution in [3.8, 4) is 0 Å². The van der Waals surface area contributed by atoms with Gasteiger partial charge in [0.25, 0.3) is 15.9 Å². The number of nitrogens with zero attached hydrogens (tertiary/aromatic N) is 1. The maximum atomic E-state index is 12.8. The summed E-state index contributed by atoms with van der Waals surface area (Å²) in [5, 5.41) is 5.66. The summed E-state index contributed by atoms with van der Waals surface area (Å²) in [5.74, 6) is -0.155. The molecule has 0 aliphatic heterocycles. The SMILES string of the molecule is Cc1cc(C)c2c(C)c(C(=O)Nc3ccc(S(=O)(=O)Nc4nccs4)cc3)oc2c1. The molecule has 2 aromatic heterocycles. The topological polar surface area (TPSA) is 101 Å². The van der Waals surface area contributed by atoms with Gasteiger partial charge >= 0.3 is 0 Å². The Balaban J connectivity index is 1.55. The number of aryl methyl sites for hydroxylation is 3. The molecule has 4 aromatic rings. The number of thiazole rings is 1. The summed E-state index contributed by atoms with van der Waals surface area (Å²) in [4.78, 5) is 16.7. The van der Waals surface area contributed by atoms with Crippen LogP contribution >= 0.6 is 11.3 Å². The van der Waals surface area contributed by atoms with E-state index in [9.17, 15) is 13.2 Å².